The lowest BCUT2D eigenvalue weighted by Gasteiger charge is -2.15. The van der Waals surface area contributed by atoms with Crippen LogP contribution in [-0.2, 0) is 4.74 Å². The van der Waals surface area contributed by atoms with Gasteiger partial charge >= 0.3 is 6.03 Å². The first kappa shape index (κ1) is 18.2. The van der Waals surface area contributed by atoms with Crippen LogP contribution in [0.4, 0.5) is 10.5 Å². The standard InChI is InChI=1S/C18H20N4O3/c1-13(15-5-3-14(11-19)4-6-15)21-18(23)22-16-7-8-17(20-12-16)25-10-9-24-2/h3-8,12-13H,9-10H2,1-2H3,(H2,21,22,23)/t13-/m0/s1. The lowest BCUT2D eigenvalue weighted by atomic mass is 10.1. The first-order chi connectivity index (χ1) is 12.1. The van der Waals surface area contributed by atoms with Crippen molar-refractivity contribution in [2.45, 2.75) is 13.0 Å². The molecule has 0 saturated heterocycles. The molecule has 2 rings (SSSR count). The maximum absolute atomic E-state index is 12.1. The molecule has 0 unspecified atom stereocenters. The number of aromatic nitrogens is 1. The van der Waals surface area contributed by atoms with Gasteiger partial charge in [0.15, 0.2) is 0 Å². The Morgan fingerprint density at radius 2 is 2.00 bits per heavy atom. The van der Waals surface area contributed by atoms with E-state index in [0.717, 1.165) is 5.56 Å². The molecule has 0 bridgehead atoms. The third-order valence-corrected chi connectivity index (χ3v) is 3.42. The molecule has 0 radical (unpaired) electrons. The lowest BCUT2D eigenvalue weighted by Crippen LogP contribution is -2.31. The number of ether oxygens (including phenoxy) is 2. The highest BCUT2D eigenvalue weighted by Gasteiger charge is 2.10. The summed E-state index contributed by atoms with van der Waals surface area (Å²) in [5.41, 5.74) is 2.05. The fraction of sp³-hybridized carbons (Fsp3) is 0.278. The van der Waals surface area contributed by atoms with Crippen molar-refractivity contribution >= 4 is 11.7 Å². The number of carbonyl (C=O) groups is 1. The highest BCUT2D eigenvalue weighted by molar-refractivity contribution is 5.89. The second-order valence-electron chi connectivity index (χ2n) is 5.28. The zero-order valence-electron chi connectivity index (χ0n) is 14.2. The van der Waals surface area contributed by atoms with Gasteiger partial charge in [0.2, 0.25) is 5.88 Å². The van der Waals surface area contributed by atoms with Crippen molar-refractivity contribution in [1.82, 2.24) is 10.3 Å². The molecule has 1 aromatic carbocycles. The van der Waals surface area contributed by atoms with Crippen LogP contribution in [0.5, 0.6) is 5.88 Å². The molecule has 2 aromatic rings. The van der Waals surface area contributed by atoms with Gasteiger partial charge in [0.05, 0.1) is 36.2 Å². The van der Waals surface area contributed by atoms with Crippen LogP contribution in [0.15, 0.2) is 42.6 Å². The van der Waals surface area contributed by atoms with Crippen LogP contribution in [-0.4, -0.2) is 31.3 Å². The number of carbonyl (C=O) groups excluding carboxylic acids is 1. The van der Waals surface area contributed by atoms with Gasteiger partial charge in [0.25, 0.3) is 0 Å². The van der Waals surface area contributed by atoms with Crippen LogP contribution >= 0.6 is 0 Å². The molecule has 0 aliphatic carbocycles. The molecular formula is C18H20N4O3. The number of methoxy groups -OCH3 is 1. The van der Waals surface area contributed by atoms with Crippen molar-refractivity contribution < 1.29 is 14.3 Å². The maximum atomic E-state index is 12.1. The number of hydrogen-bond acceptors (Lipinski definition) is 5. The topological polar surface area (TPSA) is 96.3 Å². The van der Waals surface area contributed by atoms with Crippen molar-refractivity contribution in [1.29, 1.82) is 5.26 Å². The molecule has 0 aliphatic rings. The van der Waals surface area contributed by atoms with Crippen LogP contribution in [0.1, 0.15) is 24.1 Å². The van der Waals surface area contributed by atoms with Gasteiger partial charge in [-0.05, 0) is 30.7 Å². The molecule has 25 heavy (non-hydrogen) atoms. The normalized spacial score (nSPS) is 11.2. The van der Waals surface area contributed by atoms with Gasteiger partial charge < -0.3 is 20.1 Å². The summed E-state index contributed by atoms with van der Waals surface area (Å²) in [6.07, 6.45) is 1.52. The van der Waals surface area contributed by atoms with E-state index >= 15 is 0 Å². The number of hydrogen-bond donors (Lipinski definition) is 2. The number of urea groups is 1. The van der Waals surface area contributed by atoms with Crippen molar-refractivity contribution in [3.05, 3.63) is 53.7 Å². The van der Waals surface area contributed by atoms with E-state index in [2.05, 4.69) is 21.7 Å². The Hall–Kier alpha value is -3.11. The number of rotatable bonds is 7. The number of pyridine rings is 1. The van der Waals surface area contributed by atoms with E-state index in [9.17, 15) is 4.79 Å². The summed E-state index contributed by atoms with van der Waals surface area (Å²) < 4.78 is 10.3. The van der Waals surface area contributed by atoms with Crippen LogP contribution < -0.4 is 15.4 Å². The minimum atomic E-state index is -0.341. The number of nitriles is 1. The summed E-state index contributed by atoms with van der Waals surface area (Å²) in [6.45, 7) is 2.77. The summed E-state index contributed by atoms with van der Waals surface area (Å²) in [5, 5.41) is 14.4. The zero-order valence-corrected chi connectivity index (χ0v) is 14.2. The van der Waals surface area contributed by atoms with E-state index in [1.165, 1.54) is 6.20 Å². The third-order valence-electron chi connectivity index (χ3n) is 3.42. The van der Waals surface area contributed by atoms with E-state index in [1.54, 1.807) is 31.4 Å². The quantitative estimate of drug-likeness (QED) is 0.756. The summed E-state index contributed by atoms with van der Waals surface area (Å²) in [6, 6.07) is 12.0. The Balaban J connectivity index is 1.85. The molecule has 1 heterocycles. The Kier molecular flexibility index (Phi) is 6.75. The highest BCUT2D eigenvalue weighted by Crippen LogP contribution is 2.15. The van der Waals surface area contributed by atoms with Gasteiger partial charge in [-0.3, -0.25) is 0 Å². The van der Waals surface area contributed by atoms with Gasteiger partial charge in [-0.1, -0.05) is 12.1 Å². The zero-order chi connectivity index (χ0) is 18.1. The first-order valence-electron chi connectivity index (χ1n) is 7.77. The lowest BCUT2D eigenvalue weighted by molar-refractivity contribution is 0.144. The van der Waals surface area contributed by atoms with Crippen molar-refractivity contribution in [3.63, 3.8) is 0 Å². The summed E-state index contributed by atoms with van der Waals surface area (Å²) in [5.74, 6) is 0.467. The van der Waals surface area contributed by atoms with Crippen LogP contribution in [0.2, 0.25) is 0 Å². The summed E-state index contributed by atoms with van der Waals surface area (Å²) in [4.78, 5) is 16.2. The van der Waals surface area contributed by atoms with E-state index < -0.39 is 0 Å². The first-order valence-corrected chi connectivity index (χ1v) is 7.77. The molecule has 0 aliphatic heterocycles. The van der Waals surface area contributed by atoms with E-state index in [1.807, 2.05) is 19.1 Å². The Bertz CT molecular complexity index is 723. The smallest absolute Gasteiger partial charge is 0.319 e. The molecule has 7 nitrogen and oxygen atoms in total. The average Bonchev–Trinajstić information content (AvgIpc) is 2.63. The minimum absolute atomic E-state index is 0.197. The Morgan fingerprint density at radius 3 is 2.60 bits per heavy atom. The minimum Gasteiger partial charge on any atom is -0.475 e. The van der Waals surface area contributed by atoms with Crippen molar-refractivity contribution in [3.8, 4) is 11.9 Å². The maximum Gasteiger partial charge on any atom is 0.319 e. The second kappa shape index (κ2) is 9.25. The molecule has 1 atom stereocenters. The Morgan fingerprint density at radius 1 is 1.24 bits per heavy atom. The number of nitrogens with one attached hydrogen (secondary N) is 2. The number of benzene rings is 1. The fourth-order valence-electron chi connectivity index (χ4n) is 2.06. The fourth-order valence-corrected chi connectivity index (χ4v) is 2.06. The number of amides is 2. The van der Waals surface area contributed by atoms with Gasteiger partial charge in [-0.25, -0.2) is 9.78 Å². The second-order valence-corrected chi connectivity index (χ2v) is 5.28. The molecular weight excluding hydrogens is 320 g/mol. The van der Waals surface area contributed by atoms with E-state index in [0.29, 0.717) is 30.3 Å². The van der Waals surface area contributed by atoms with Gasteiger partial charge in [-0.2, -0.15) is 5.26 Å². The monoisotopic (exact) mass is 340 g/mol. The molecule has 130 valence electrons. The summed E-state index contributed by atoms with van der Waals surface area (Å²) in [7, 11) is 1.60. The highest BCUT2D eigenvalue weighted by atomic mass is 16.5. The number of anilines is 1. The molecule has 2 amide bonds. The molecule has 7 heteroatoms. The SMILES string of the molecule is COCCOc1ccc(NC(=O)N[C@@H](C)c2ccc(C#N)cc2)cn1. The Labute approximate surface area is 146 Å². The molecule has 0 spiro atoms. The third kappa shape index (κ3) is 5.79. The summed E-state index contributed by atoms with van der Waals surface area (Å²) >= 11 is 0. The number of nitrogens with zero attached hydrogens (tertiary/aromatic N) is 2. The van der Waals surface area contributed by atoms with Crippen molar-refractivity contribution in [2.24, 2.45) is 0 Å². The molecule has 0 fully saturated rings. The van der Waals surface area contributed by atoms with Gasteiger partial charge in [0, 0.05) is 13.2 Å². The molecule has 0 saturated carbocycles. The predicted octanol–water partition coefficient (Wildman–Crippen LogP) is 2.86. The van der Waals surface area contributed by atoms with Gasteiger partial charge in [-0.15, -0.1) is 0 Å². The van der Waals surface area contributed by atoms with E-state index in [4.69, 9.17) is 14.7 Å². The largest absolute Gasteiger partial charge is 0.475 e. The van der Waals surface area contributed by atoms with Crippen LogP contribution in [0, 0.1) is 11.3 Å². The average molecular weight is 340 g/mol. The van der Waals surface area contributed by atoms with Gasteiger partial charge in [0.1, 0.15) is 6.61 Å². The van der Waals surface area contributed by atoms with Crippen molar-refractivity contribution in [2.75, 3.05) is 25.6 Å². The molecule has 1 aromatic heterocycles. The van der Waals surface area contributed by atoms with E-state index in [-0.39, 0.29) is 12.1 Å². The predicted molar refractivity (Wildman–Crippen MR) is 93.3 cm³/mol. The molecule has 2 N–H and O–H groups in total. The van der Waals surface area contributed by atoms with Crippen LogP contribution in [0.25, 0.3) is 0 Å². The van der Waals surface area contributed by atoms with Crippen LogP contribution in [0.3, 0.4) is 0 Å².